The molecule has 110 valence electrons. The Kier molecular flexibility index (Phi) is 6.01. The fourth-order valence-electron chi connectivity index (χ4n) is 2.18. The number of rotatable bonds is 8. The number of carbonyl (C=O) groups is 1. The molecule has 0 bridgehead atoms. The number of unbranched alkanes of at least 4 members (excludes halogenated alkanes) is 1. The van der Waals surface area contributed by atoms with Crippen LogP contribution in [-0.4, -0.2) is 41.7 Å². The fraction of sp³-hybridized carbons (Fsp3) is 0.533. The molecular weight excluding hydrogens is 320 g/mol. The molecule has 0 unspecified atom stereocenters. The van der Waals surface area contributed by atoms with Gasteiger partial charge in [0, 0.05) is 22.8 Å². The molecular formula is C15H21BrN2O2. The zero-order valence-electron chi connectivity index (χ0n) is 11.5. The van der Waals surface area contributed by atoms with Crippen LogP contribution in [0.25, 0.3) is 0 Å². The van der Waals surface area contributed by atoms with E-state index in [0.717, 1.165) is 29.5 Å². The van der Waals surface area contributed by atoms with Gasteiger partial charge in [-0.2, -0.15) is 0 Å². The van der Waals surface area contributed by atoms with Crippen molar-refractivity contribution in [2.45, 2.75) is 31.7 Å². The fourth-order valence-corrected chi connectivity index (χ4v) is 2.44. The third-order valence-corrected chi connectivity index (χ3v) is 3.92. The second-order valence-electron chi connectivity index (χ2n) is 5.19. The predicted octanol–water partition coefficient (Wildman–Crippen LogP) is 2.62. The summed E-state index contributed by atoms with van der Waals surface area (Å²) in [6.07, 6.45) is 4.12. The standard InChI is InChI=1S/C15H21BrN2O2/c16-12-3-5-13(6-4-12)17-15(20)11-18(14-7-8-14)9-1-2-10-19/h3-6,14,19H,1-2,7-11H2,(H,17,20). The van der Waals surface area contributed by atoms with Crippen LogP contribution in [0.3, 0.4) is 0 Å². The Labute approximate surface area is 128 Å². The largest absolute Gasteiger partial charge is 0.396 e. The minimum atomic E-state index is 0.0308. The van der Waals surface area contributed by atoms with E-state index >= 15 is 0 Å². The second-order valence-corrected chi connectivity index (χ2v) is 6.10. The lowest BCUT2D eigenvalue weighted by Crippen LogP contribution is -2.35. The number of hydrogen-bond donors (Lipinski definition) is 2. The summed E-state index contributed by atoms with van der Waals surface area (Å²) < 4.78 is 0.999. The molecule has 1 aromatic carbocycles. The maximum Gasteiger partial charge on any atom is 0.238 e. The minimum Gasteiger partial charge on any atom is -0.396 e. The quantitative estimate of drug-likeness (QED) is 0.715. The molecule has 1 fully saturated rings. The minimum absolute atomic E-state index is 0.0308. The van der Waals surface area contributed by atoms with Crippen molar-refractivity contribution in [1.82, 2.24) is 4.90 Å². The predicted molar refractivity (Wildman–Crippen MR) is 83.7 cm³/mol. The van der Waals surface area contributed by atoms with Crippen LogP contribution in [0.1, 0.15) is 25.7 Å². The van der Waals surface area contributed by atoms with Gasteiger partial charge in [-0.25, -0.2) is 0 Å². The van der Waals surface area contributed by atoms with Gasteiger partial charge in [0.1, 0.15) is 0 Å². The van der Waals surface area contributed by atoms with Crippen molar-refractivity contribution in [3.8, 4) is 0 Å². The molecule has 2 rings (SSSR count). The number of nitrogens with one attached hydrogen (secondary N) is 1. The number of nitrogens with zero attached hydrogens (tertiary/aromatic N) is 1. The van der Waals surface area contributed by atoms with Crippen LogP contribution in [0.15, 0.2) is 28.7 Å². The van der Waals surface area contributed by atoms with Crippen LogP contribution in [0.5, 0.6) is 0 Å². The Morgan fingerprint density at radius 1 is 1.30 bits per heavy atom. The highest BCUT2D eigenvalue weighted by atomic mass is 79.9. The van der Waals surface area contributed by atoms with E-state index in [2.05, 4.69) is 26.1 Å². The zero-order valence-corrected chi connectivity index (χ0v) is 13.1. The van der Waals surface area contributed by atoms with Crippen LogP contribution in [0.2, 0.25) is 0 Å². The van der Waals surface area contributed by atoms with E-state index in [0.29, 0.717) is 12.6 Å². The summed E-state index contributed by atoms with van der Waals surface area (Å²) >= 11 is 3.37. The van der Waals surface area contributed by atoms with Gasteiger partial charge in [0.15, 0.2) is 0 Å². The molecule has 0 aromatic heterocycles. The first-order valence-electron chi connectivity index (χ1n) is 7.09. The summed E-state index contributed by atoms with van der Waals surface area (Å²) in [5.74, 6) is 0.0308. The van der Waals surface area contributed by atoms with Gasteiger partial charge in [0.05, 0.1) is 6.54 Å². The van der Waals surface area contributed by atoms with E-state index in [9.17, 15) is 4.79 Å². The van der Waals surface area contributed by atoms with Crippen LogP contribution in [0.4, 0.5) is 5.69 Å². The number of hydrogen-bond acceptors (Lipinski definition) is 3. The smallest absolute Gasteiger partial charge is 0.238 e. The molecule has 0 aliphatic heterocycles. The SMILES string of the molecule is O=C(CN(CCCCO)C1CC1)Nc1ccc(Br)cc1. The highest BCUT2D eigenvalue weighted by molar-refractivity contribution is 9.10. The van der Waals surface area contributed by atoms with Gasteiger partial charge in [-0.3, -0.25) is 9.69 Å². The maximum absolute atomic E-state index is 12.1. The van der Waals surface area contributed by atoms with Gasteiger partial charge in [-0.1, -0.05) is 15.9 Å². The van der Waals surface area contributed by atoms with Crippen LogP contribution < -0.4 is 5.32 Å². The Morgan fingerprint density at radius 2 is 2.00 bits per heavy atom. The number of amides is 1. The first-order valence-corrected chi connectivity index (χ1v) is 7.88. The van der Waals surface area contributed by atoms with Crippen LogP contribution >= 0.6 is 15.9 Å². The zero-order chi connectivity index (χ0) is 14.4. The lowest BCUT2D eigenvalue weighted by atomic mass is 10.3. The molecule has 0 saturated heterocycles. The lowest BCUT2D eigenvalue weighted by molar-refractivity contribution is -0.117. The van der Waals surface area contributed by atoms with Crippen LogP contribution in [-0.2, 0) is 4.79 Å². The van der Waals surface area contributed by atoms with Crippen LogP contribution in [0, 0.1) is 0 Å². The molecule has 1 aromatic rings. The van der Waals surface area contributed by atoms with Crippen molar-refractivity contribution in [3.05, 3.63) is 28.7 Å². The van der Waals surface area contributed by atoms with E-state index in [1.807, 2.05) is 24.3 Å². The summed E-state index contributed by atoms with van der Waals surface area (Å²) in [6, 6.07) is 8.15. The lowest BCUT2D eigenvalue weighted by Gasteiger charge is -2.21. The van der Waals surface area contributed by atoms with Gasteiger partial charge < -0.3 is 10.4 Å². The number of aliphatic hydroxyl groups excluding tert-OH is 1. The Bertz CT molecular complexity index is 432. The molecule has 20 heavy (non-hydrogen) atoms. The average Bonchev–Trinajstić information content (AvgIpc) is 3.25. The third-order valence-electron chi connectivity index (χ3n) is 3.39. The number of anilines is 1. The summed E-state index contributed by atoms with van der Waals surface area (Å²) in [4.78, 5) is 14.3. The number of halogens is 1. The second kappa shape index (κ2) is 7.76. The van der Waals surface area contributed by atoms with Crippen molar-refractivity contribution in [3.63, 3.8) is 0 Å². The summed E-state index contributed by atoms with van der Waals surface area (Å²) in [6.45, 7) is 1.55. The van der Waals surface area contributed by atoms with Crippen molar-refractivity contribution in [2.75, 3.05) is 25.0 Å². The van der Waals surface area contributed by atoms with E-state index in [4.69, 9.17) is 5.11 Å². The molecule has 1 amide bonds. The first kappa shape index (κ1) is 15.5. The Hall–Kier alpha value is -0.910. The summed E-state index contributed by atoms with van der Waals surface area (Å²) in [5.41, 5.74) is 0.823. The van der Waals surface area contributed by atoms with Crippen molar-refractivity contribution >= 4 is 27.5 Å². The van der Waals surface area contributed by atoms with E-state index in [1.165, 1.54) is 12.8 Å². The Morgan fingerprint density at radius 3 is 2.60 bits per heavy atom. The molecule has 1 aliphatic rings. The van der Waals surface area contributed by atoms with Crippen molar-refractivity contribution in [2.24, 2.45) is 0 Å². The van der Waals surface area contributed by atoms with E-state index < -0.39 is 0 Å². The molecule has 1 saturated carbocycles. The monoisotopic (exact) mass is 340 g/mol. The summed E-state index contributed by atoms with van der Waals surface area (Å²) in [5, 5.41) is 11.8. The maximum atomic E-state index is 12.1. The Balaban J connectivity index is 1.80. The summed E-state index contributed by atoms with van der Waals surface area (Å²) in [7, 11) is 0. The van der Waals surface area contributed by atoms with E-state index in [1.54, 1.807) is 0 Å². The normalized spacial score (nSPS) is 14.6. The molecule has 0 radical (unpaired) electrons. The molecule has 0 heterocycles. The number of carbonyl (C=O) groups excluding carboxylic acids is 1. The number of aliphatic hydroxyl groups is 1. The van der Waals surface area contributed by atoms with E-state index in [-0.39, 0.29) is 12.5 Å². The van der Waals surface area contributed by atoms with Gasteiger partial charge in [0.25, 0.3) is 0 Å². The van der Waals surface area contributed by atoms with Gasteiger partial charge in [0.2, 0.25) is 5.91 Å². The van der Waals surface area contributed by atoms with Gasteiger partial charge in [-0.15, -0.1) is 0 Å². The van der Waals surface area contributed by atoms with Gasteiger partial charge >= 0.3 is 0 Å². The van der Waals surface area contributed by atoms with Crippen molar-refractivity contribution < 1.29 is 9.90 Å². The molecule has 1 aliphatic carbocycles. The molecule has 5 heteroatoms. The van der Waals surface area contributed by atoms with Gasteiger partial charge in [-0.05, 0) is 56.5 Å². The van der Waals surface area contributed by atoms with Crippen molar-refractivity contribution in [1.29, 1.82) is 0 Å². The highest BCUT2D eigenvalue weighted by Gasteiger charge is 2.29. The average molecular weight is 341 g/mol. The third kappa shape index (κ3) is 5.23. The molecule has 2 N–H and O–H groups in total. The first-order chi connectivity index (χ1) is 9.69. The molecule has 0 spiro atoms. The molecule has 4 nitrogen and oxygen atoms in total. The number of benzene rings is 1. The molecule has 0 atom stereocenters. The highest BCUT2D eigenvalue weighted by Crippen LogP contribution is 2.27. The topological polar surface area (TPSA) is 52.6 Å².